The number of hydrogen-bond acceptors (Lipinski definition) is 3. The van der Waals surface area contributed by atoms with Crippen LogP contribution >= 0.6 is 0 Å². The SMILES string of the molecule is O=S(=O)(c1ccccc1)N(O)Cc1ccccc1. The van der Waals surface area contributed by atoms with Crippen LogP contribution in [0.25, 0.3) is 0 Å². The summed E-state index contributed by atoms with van der Waals surface area (Å²) in [4.78, 5) is 0.0726. The van der Waals surface area contributed by atoms with E-state index in [1.165, 1.54) is 12.1 Å². The highest BCUT2D eigenvalue weighted by Crippen LogP contribution is 2.15. The highest BCUT2D eigenvalue weighted by Gasteiger charge is 2.22. The normalized spacial score (nSPS) is 11.7. The minimum atomic E-state index is -3.85. The standard InChI is InChI=1S/C13H13NO3S/c15-14(11-12-7-3-1-4-8-12)18(16,17)13-9-5-2-6-10-13/h1-10,15H,11H2. The monoisotopic (exact) mass is 263 g/mol. The number of hydrogen-bond donors (Lipinski definition) is 1. The Labute approximate surface area is 106 Å². The topological polar surface area (TPSA) is 57.6 Å². The molecule has 0 saturated heterocycles. The van der Waals surface area contributed by atoms with Gasteiger partial charge in [0.15, 0.2) is 0 Å². The van der Waals surface area contributed by atoms with Gasteiger partial charge in [-0.3, -0.25) is 5.21 Å². The van der Waals surface area contributed by atoms with Crippen molar-refractivity contribution in [1.29, 1.82) is 0 Å². The number of hydroxylamine groups is 1. The van der Waals surface area contributed by atoms with Crippen molar-refractivity contribution in [3.8, 4) is 0 Å². The van der Waals surface area contributed by atoms with Gasteiger partial charge in [-0.2, -0.15) is 0 Å². The molecule has 0 spiro atoms. The molecule has 1 N–H and O–H groups in total. The first-order valence-corrected chi connectivity index (χ1v) is 6.85. The van der Waals surface area contributed by atoms with E-state index < -0.39 is 10.0 Å². The minimum Gasteiger partial charge on any atom is -0.299 e. The van der Waals surface area contributed by atoms with E-state index in [4.69, 9.17) is 0 Å². The van der Waals surface area contributed by atoms with Crippen molar-refractivity contribution in [1.82, 2.24) is 4.47 Å². The molecule has 4 nitrogen and oxygen atoms in total. The first-order valence-electron chi connectivity index (χ1n) is 5.41. The number of sulfonamides is 1. The van der Waals surface area contributed by atoms with E-state index in [0.29, 0.717) is 4.47 Å². The fourth-order valence-corrected chi connectivity index (χ4v) is 2.60. The van der Waals surface area contributed by atoms with Crippen molar-refractivity contribution >= 4 is 10.0 Å². The molecule has 0 aliphatic rings. The summed E-state index contributed by atoms with van der Waals surface area (Å²) in [5.41, 5.74) is 0.722. The Bertz CT molecular complexity index is 597. The van der Waals surface area contributed by atoms with Gasteiger partial charge in [0, 0.05) is 0 Å². The second-order valence-electron chi connectivity index (χ2n) is 3.78. The van der Waals surface area contributed by atoms with Crippen LogP contribution in [0, 0.1) is 0 Å². The molecular weight excluding hydrogens is 250 g/mol. The van der Waals surface area contributed by atoms with Gasteiger partial charge in [-0.25, -0.2) is 8.42 Å². The molecule has 0 aromatic heterocycles. The molecule has 0 unspecified atom stereocenters. The Balaban J connectivity index is 2.21. The van der Waals surface area contributed by atoms with Crippen LogP contribution in [-0.4, -0.2) is 18.1 Å². The Morgan fingerprint density at radius 1 is 0.889 bits per heavy atom. The lowest BCUT2D eigenvalue weighted by atomic mass is 10.2. The van der Waals surface area contributed by atoms with Gasteiger partial charge in [0.2, 0.25) is 0 Å². The quantitative estimate of drug-likeness (QED) is 0.861. The Hall–Kier alpha value is -1.69. The lowest BCUT2D eigenvalue weighted by Crippen LogP contribution is -2.27. The summed E-state index contributed by atoms with van der Waals surface area (Å²) in [5, 5.41) is 9.73. The molecule has 2 aromatic carbocycles. The van der Waals surface area contributed by atoms with Gasteiger partial charge >= 0.3 is 0 Å². The third kappa shape index (κ3) is 2.76. The van der Waals surface area contributed by atoms with Crippen LogP contribution in [0.1, 0.15) is 5.56 Å². The van der Waals surface area contributed by atoms with E-state index in [9.17, 15) is 13.6 Å². The summed E-state index contributed by atoms with van der Waals surface area (Å²) in [7, 11) is -3.85. The molecule has 0 atom stereocenters. The predicted octanol–water partition coefficient (Wildman–Crippen LogP) is 2.27. The highest BCUT2D eigenvalue weighted by molar-refractivity contribution is 7.89. The zero-order valence-electron chi connectivity index (χ0n) is 9.60. The van der Waals surface area contributed by atoms with E-state index in [0.717, 1.165) is 5.56 Å². The molecule has 2 rings (SSSR count). The maximum Gasteiger partial charge on any atom is 0.265 e. The van der Waals surface area contributed by atoms with Gasteiger partial charge < -0.3 is 0 Å². The molecule has 0 saturated carbocycles. The Morgan fingerprint density at radius 2 is 1.39 bits per heavy atom. The summed E-state index contributed by atoms with van der Waals surface area (Å²) in [6, 6.07) is 16.8. The van der Waals surface area contributed by atoms with Gasteiger partial charge in [0.1, 0.15) is 0 Å². The third-order valence-corrected chi connectivity index (χ3v) is 4.03. The van der Waals surface area contributed by atoms with Crippen molar-refractivity contribution < 1.29 is 13.6 Å². The zero-order chi connectivity index (χ0) is 13.0. The number of nitrogens with zero attached hydrogens (tertiary/aromatic N) is 1. The van der Waals surface area contributed by atoms with Crippen molar-refractivity contribution in [2.24, 2.45) is 0 Å². The molecule has 5 heteroatoms. The van der Waals surface area contributed by atoms with Gasteiger partial charge in [-0.05, 0) is 17.7 Å². The smallest absolute Gasteiger partial charge is 0.265 e. The van der Waals surface area contributed by atoms with Crippen LogP contribution in [-0.2, 0) is 16.6 Å². The molecule has 94 valence electrons. The van der Waals surface area contributed by atoms with Crippen molar-refractivity contribution in [3.63, 3.8) is 0 Å². The molecule has 2 aromatic rings. The van der Waals surface area contributed by atoms with Crippen molar-refractivity contribution in [2.45, 2.75) is 11.4 Å². The third-order valence-electron chi connectivity index (χ3n) is 2.48. The van der Waals surface area contributed by atoms with Crippen molar-refractivity contribution in [3.05, 3.63) is 66.2 Å². The van der Waals surface area contributed by atoms with E-state index in [2.05, 4.69) is 0 Å². The summed E-state index contributed by atoms with van der Waals surface area (Å²) in [6.45, 7) is -0.0714. The molecule has 0 heterocycles. The summed E-state index contributed by atoms with van der Waals surface area (Å²) in [5.74, 6) is 0. The number of rotatable bonds is 4. The molecule has 0 bridgehead atoms. The molecular formula is C13H13NO3S. The lowest BCUT2D eigenvalue weighted by Gasteiger charge is -2.15. The Morgan fingerprint density at radius 3 is 1.94 bits per heavy atom. The van der Waals surface area contributed by atoms with Gasteiger partial charge in [-0.1, -0.05) is 53.0 Å². The largest absolute Gasteiger partial charge is 0.299 e. The van der Waals surface area contributed by atoms with Crippen LogP contribution in [0.2, 0.25) is 0 Å². The summed E-state index contributed by atoms with van der Waals surface area (Å²) < 4.78 is 24.4. The van der Waals surface area contributed by atoms with Gasteiger partial charge in [-0.15, -0.1) is 0 Å². The van der Waals surface area contributed by atoms with E-state index in [-0.39, 0.29) is 11.4 Å². The first-order chi connectivity index (χ1) is 8.60. The second kappa shape index (κ2) is 5.30. The second-order valence-corrected chi connectivity index (χ2v) is 5.63. The van der Waals surface area contributed by atoms with Gasteiger partial charge in [0.25, 0.3) is 10.0 Å². The van der Waals surface area contributed by atoms with Crippen LogP contribution < -0.4 is 0 Å². The lowest BCUT2D eigenvalue weighted by molar-refractivity contribution is -0.00474. The molecule has 0 aliphatic carbocycles. The van der Waals surface area contributed by atoms with Crippen LogP contribution in [0.4, 0.5) is 0 Å². The summed E-state index contributed by atoms with van der Waals surface area (Å²) in [6.07, 6.45) is 0. The number of benzene rings is 2. The van der Waals surface area contributed by atoms with E-state index >= 15 is 0 Å². The van der Waals surface area contributed by atoms with E-state index in [1.54, 1.807) is 42.5 Å². The van der Waals surface area contributed by atoms with Crippen LogP contribution in [0.5, 0.6) is 0 Å². The maximum absolute atomic E-state index is 12.0. The zero-order valence-corrected chi connectivity index (χ0v) is 10.4. The molecule has 0 amide bonds. The van der Waals surface area contributed by atoms with Crippen molar-refractivity contribution in [2.75, 3.05) is 0 Å². The van der Waals surface area contributed by atoms with E-state index in [1.807, 2.05) is 6.07 Å². The fraction of sp³-hybridized carbons (Fsp3) is 0.0769. The first kappa shape index (κ1) is 12.8. The van der Waals surface area contributed by atoms with Gasteiger partial charge in [0.05, 0.1) is 11.4 Å². The highest BCUT2D eigenvalue weighted by atomic mass is 32.2. The van der Waals surface area contributed by atoms with Crippen LogP contribution in [0.15, 0.2) is 65.6 Å². The predicted molar refractivity (Wildman–Crippen MR) is 67.4 cm³/mol. The maximum atomic E-state index is 12.0. The van der Waals surface area contributed by atoms with Crippen LogP contribution in [0.3, 0.4) is 0 Å². The molecule has 0 fully saturated rings. The fourth-order valence-electron chi connectivity index (χ4n) is 1.54. The molecule has 0 radical (unpaired) electrons. The average Bonchev–Trinajstić information content (AvgIpc) is 2.41. The summed E-state index contributed by atoms with van der Waals surface area (Å²) >= 11 is 0. The average molecular weight is 263 g/mol. The Kier molecular flexibility index (Phi) is 3.76. The molecule has 0 aliphatic heterocycles. The molecule has 18 heavy (non-hydrogen) atoms. The minimum absolute atomic E-state index is 0.0714.